The average molecular weight is 375 g/mol. The van der Waals surface area contributed by atoms with E-state index < -0.39 is 5.92 Å². The van der Waals surface area contributed by atoms with Gasteiger partial charge in [0, 0.05) is 21.4 Å². The molecule has 1 aromatic heterocycles. The number of aromatic nitrogens is 1. The smallest absolute Gasteiger partial charge is 0.180 e. The van der Waals surface area contributed by atoms with Gasteiger partial charge in [-0.25, -0.2) is 0 Å². The number of Topliss-reactive ketones (excluding diaryl/α,β-unsaturated/α-hetero) is 2. The van der Waals surface area contributed by atoms with Crippen molar-refractivity contribution in [2.75, 3.05) is 5.75 Å². The molecule has 1 aliphatic carbocycles. The van der Waals surface area contributed by atoms with Crippen LogP contribution in [0, 0.1) is 0 Å². The van der Waals surface area contributed by atoms with Gasteiger partial charge in [0.2, 0.25) is 0 Å². The lowest BCUT2D eigenvalue weighted by Gasteiger charge is -2.10. The molecule has 1 aliphatic rings. The highest BCUT2D eigenvalue weighted by Gasteiger charge is 2.40. The van der Waals surface area contributed by atoms with Crippen molar-refractivity contribution >= 4 is 34.2 Å². The number of thioether (sulfide) groups is 1. The first-order valence-electron chi connectivity index (χ1n) is 9.25. The predicted octanol–water partition coefficient (Wildman–Crippen LogP) is 5.63. The molecular weight excluding hydrogens is 354 g/mol. The van der Waals surface area contributed by atoms with Gasteiger partial charge in [-0.2, -0.15) is 0 Å². The Bertz CT molecular complexity index is 1070. The summed E-state index contributed by atoms with van der Waals surface area (Å²) in [6.45, 7) is 6.37. The van der Waals surface area contributed by atoms with Gasteiger partial charge in [-0.3, -0.25) is 14.6 Å². The van der Waals surface area contributed by atoms with Crippen LogP contribution >= 0.6 is 11.8 Å². The largest absolute Gasteiger partial charge is 0.293 e. The fourth-order valence-electron chi connectivity index (χ4n) is 3.58. The number of carbonyl (C=O) groups excluding carboxylic acids is 2. The Morgan fingerprint density at radius 2 is 1.74 bits per heavy atom. The number of pyridine rings is 1. The molecule has 1 heterocycles. The van der Waals surface area contributed by atoms with Crippen LogP contribution in [0.2, 0.25) is 0 Å². The summed E-state index contributed by atoms with van der Waals surface area (Å²) in [6.07, 6.45) is 0. The molecule has 0 radical (unpaired) electrons. The SMILES string of the molecule is CCSc1ccc2c(c1)C(=O)C(c1ccc3cc(C(C)C)ccc3n1)C2=O. The summed E-state index contributed by atoms with van der Waals surface area (Å²) in [5, 5.41) is 1.03. The lowest BCUT2D eigenvalue weighted by Crippen LogP contribution is -2.14. The Morgan fingerprint density at radius 1 is 0.963 bits per heavy atom. The summed E-state index contributed by atoms with van der Waals surface area (Å²) in [5.74, 6) is 0.260. The van der Waals surface area contributed by atoms with Crippen LogP contribution in [0.25, 0.3) is 10.9 Å². The maximum atomic E-state index is 13.0. The molecule has 136 valence electrons. The maximum absolute atomic E-state index is 13.0. The maximum Gasteiger partial charge on any atom is 0.180 e. The molecule has 4 heteroatoms. The normalized spacial score (nSPS) is 16.4. The number of carbonyl (C=O) groups is 2. The molecule has 0 fully saturated rings. The highest BCUT2D eigenvalue weighted by molar-refractivity contribution is 7.99. The molecule has 3 nitrogen and oxygen atoms in total. The third-order valence-electron chi connectivity index (χ3n) is 5.05. The molecule has 0 spiro atoms. The highest BCUT2D eigenvalue weighted by atomic mass is 32.2. The van der Waals surface area contributed by atoms with Crippen LogP contribution in [0.3, 0.4) is 0 Å². The minimum absolute atomic E-state index is 0.140. The van der Waals surface area contributed by atoms with E-state index in [0.717, 1.165) is 21.6 Å². The Labute approximate surface area is 163 Å². The topological polar surface area (TPSA) is 47.0 Å². The van der Waals surface area contributed by atoms with E-state index >= 15 is 0 Å². The van der Waals surface area contributed by atoms with Crippen molar-refractivity contribution in [3.8, 4) is 0 Å². The number of hydrogen-bond donors (Lipinski definition) is 0. The van der Waals surface area contributed by atoms with Gasteiger partial charge in [-0.15, -0.1) is 11.8 Å². The van der Waals surface area contributed by atoms with Gasteiger partial charge in [0.1, 0.15) is 5.92 Å². The summed E-state index contributed by atoms with van der Waals surface area (Å²) in [4.78, 5) is 31.5. The second-order valence-corrected chi connectivity index (χ2v) is 8.48. The third-order valence-corrected chi connectivity index (χ3v) is 5.93. The number of benzene rings is 2. The minimum Gasteiger partial charge on any atom is -0.293 e. The lowest BCUT2D eigenvalue weighted by molar-refractivity contribution is 0.0888. The molecule has 3 aromatic rings. The first-order chi connectivity index (χ1) is 13.0. The van der Waals surface area contributed by atoms with E-state index in [-0.39, 0.29) is 11.6 Å². The Morgan fingerprint density at radius 3 is 2.48 bits per heavy atom. The molecular formula is C23H21NO2S. The van der Waals surface area contributed by atoms with Gasteiger partial charge < -0.3 is 0 Å². The summed E-state index contributed by atoms with van der Waals surface area (Å²) in [6, 6.07) is 15.5. The number of nitrogens with zero attached hydrogens (tertiary/aromatic N) is 1. The van der Waals surface area contributed by atoms with E-state index in [0.29, 0.717) is 22.7 Å². The summed E-state index contributed by atoms with van der Waals surface area (Å²) < 4.78 is 0. The van der Waals surface area contributed by atoms with E-state index in [9.17, 15) is 9.59 Å². The van der Waals surface area contributed by atoms with E-state index in [1.54, 1.807) is 17.8 Å². The van der Waals surface area contributed by atoms with Crippen molar-refractivity contribution in [3.63, 3.8) is 0 Å². The number of hydrogen-bond acceptors (Lipinski definition) is 4. The van der Waals surface area contributed by atoms with E-state index in [1.165, 1.54) is 5.56 Å². The van der Waals surface area contributed by atoms with Crippen molar-refractivity contribution < 1.29 is 9.59 Å². The van der Waals surface area contributed by atoms with Gasteiger partial charge in [0.15, 0.2) is 11.6 Å². The molecule has 2 aromatic carbocycles. The molecule has 1 unspecified atom stereocenters. The van der Waals surface area contributed by atoms with Gasteiger partial charge in [-0.1, -0.05) is 32.9 Å². The monoisotopic (exact) mass is 375 g/mol. The van der Waals surface area contributed by atoms with Crippen LogP contribution in [0.1, 0.15) is 64.6 Å². The molecule has 0 saturated heterocycles. The number of rotatable bonds is 4. The fourth-order valence-corrected chi connectivity index (χ4v) is 4.28. The van der Waals surface area contributed by atoms with E-state index in [4.69, 9.17) is 0 Å². The van der Waals surface area contributed by atoms with Crippen molar-refractivity contribution in [1.29, 1.82) is 0 Å². The van der Waals surface area contributed by atoms with Gasteiger partial charge in [-0.05, 0) is 53.6 Å². The molecule has 0 bridgehead atoms. The second-order valence-electron chi connectivity index (χ2n) is 7.14. The molecule has 27 heavy (non-hydrogen) atoms. The van der Waals surface area contributed by atoms with Crippen molar-refractivity contribution in [2.24, 2.45) is 0 Å². The van der Waals surface area contributed by atoms with Crippen LogP contribution in [-0.2, 0) is 0 Å². The Hall–Kier alpha value is -2.46. The fraction of sp³-hybridized carbons (Fsp3) is 0.261. The molecule has 0 amide bonds. The summed E-state index contributed by atoms with van der Waals surface area (Å²) in [5.41, 5.74) is 3.65. The van der Waals surface area contributed by atoms with Crippen LogP contribution in [0.15, 0.2) is 53.4 Å². The zero-order chi connectivity index (χ0) is 19.1. The average Bonchev–Trinajstić information content (AvgIpc) is 2.91. The van der Waals surface area contributed by atoms with Gasteiger partial charge in [0.25, 0.3) is 0 Å². The van der Waals surface area contributed by atoms with E-state index in [1.807, 2.05) is 30.3 Å². The number of fused-ring (bicyclic) bond motifs is 2. The second kappa shape index (κ2) is 6.93. The Kier molecular flexibility index (Phi) is 4.60. The summed E-state index contributed by atoms with van der Waals surface area (Å²) in [7, 11) is 0. The minimum atomic E-state index is -0.823. The zero-order valence-electron chi connectivity index (χ0n) is 15.7. The van der Waals surface area contributed by atoms with Crippen LogP contribution in [0.4, 0.5) is 0 Å². The van der Waals surface area contributed by atoms with Crippen LogP contribution in [-0.4, -0.2) is 22.3 Å². The van der Waals surface area contributed by atoms with Gasteiger partial charge >= 0.3 is 0 Å². The quantitative estimate of drug-likeness (QED) is 0.438. The van der Waals surface area contributed by atoms with E-state index in [2.05, 4.69) is 37.9 Å². The van der Waals surface area contributed by atoms with Crippen molar-refractivity contribution in [1.82, 2.24) is 4.98 Å². The first-order valence-corrected chi connectivity index (χ1v) is 10.2. The van der Waals surface area contributed by atoms with Crippen molar-refractivity contribution in [2.45, 2.75) is 37.5 Å². The van der Waals surface area contributed by atoms with Crippen LogP contribution in [0.5, 0.6) is 0 Å². The first kappa shape index (κ1) is 17.9. The third kappa shape index (κ3) is 3.08. The molecule has 0 saturated carbocycles. The molecule has 0 N–H and O–H groups in total. The van der Waals surface area contributed by atoms with Crippen molar-refractivity contribution in [3.05, 3.63) is 70.9 Å². The highest BCUT2D eigenvalue weighted by Crippen LogP contribution is 2.36. The summed E-state index contributed by atoms with van der Waals surface area (Å²) >= 11 is 1.67. The predicted molar refractivity (Wildman–Crippen MR) is 110 cm³/mol. The zero-order valence-corrected chi connectivity index (χ0v) is 16.5. The number of ketones is 2. The Balaban J connectivity index is 1.74. The van der Waals surface area contributed by atoms with Gasteiger partial charge in [0.05, 0.1) is 11.2 Å². The molecule has 1 atom stereocenters. The van der Waals surface area contributed by atoms with Crippen LogP contribution < -0.4 is 0 Å². The standard InChI is InChI=1S/C23H21NO2S/c1-4-27-16-7-8-17-18(12-16)23(26)21(22(17)25)20-10-6-15-11-14(13(2)3)5-9-19(15)24-20/h5-13,21H,4H2,1-3H3. The molecule has 4 rings (SSSR count). The molecule has 0 aliphatic heterocycles. The lowest BCUT2D eigenvalue weighted by atomic mass is 9.97.